The number of benzene rings is 1. The maximum Gasteiger partial charge on any atom is 0.337 e. The molecular formula is C14H19ClN2O2. The van der Waals surface area contributed by atoms with Gasteiger partial charge >= 0.3 is 5.97 Å². The molecule has 104 valence electrons. The SMILES string of the molecule is O=C(O)c1ccc(NCCCN2CCCC2)cc1Cl. The Kier molecular flexibility index (Phi) is 5.05. The molecule has 0 aromatic heterocycles. The molecule has 0 saturated carbocycles. The van der Waals surface area contributed by atoms with E-state index in [4.69, 9.17) is 16.7 Å². The first-order valence-electron chi connectivity index (χ1n) is 6.66. The Balaban J connectivity index is 1.76. The van der Waals surface area contributed by atoms with E-state index >= 15 is 0 Å². The highest BCUT2D eigenvalue weighted by atomic mass is 35.5. The number of likely N-dealkylation sites (tertiary alicyclic amines) is 1. The quantitative estimate of drug-likeness (QED) is 0.788. The van der Waals surface area contributed by atoms with Crippen molar-refractivity contribution in [2.75, 3.05) is 31.5 Å². The molecule has 5 heteroatoms. The van der Waals surface area contributed by atoms with Crippen LogP contribution in [0.3, 0.4) is 0 Å². The van der Waals surface area contributed by atoms with Crippen LogP contribution in [0.2, 0.25) is 5.02 Å². The number of halogens is 1. The van der Waals surface area contributed by atoms with E-state index in [1.807, 2.05) is 0 Å². The highest BCUT2D eigenvalue weighted by Crippen LogP contribution is 2.21. The normalized spacial score (nSPS) is 15.6. The van der Waals surface area contributed by atoms with Crippen molar-refractivity contribution < 1.29 is 9.90 Å². The first-order chi connectivity index (χ1) is 9.16. The molecular weight excluding hydrogens is 264 g/mol. The van der Waals surface area contributed by atoms with Crippen molar-refractivity contribution in [1.82, 2.24) is 4.90 Å². The zero-order chi connectivity index (χ0) is 13.7. The van der Waals surface area contributed by atoms with Crippen molar-refractivity contribution in [1.29, 1.82) is 0 Å². The molecule has 0 bridgehead atoms. The first kappa shape index (κ1) is 14.2. The molecule has 1 aromatic rings. The minimum absolute atomic E-state index is 0.143. The maximum absolute atomic E-state index is 10.8. The van der Waals surface area contributed by atoms with Gasteiger partial charge in [-0.25, -0.2) is 4.79 Å². The van der Waals surface area contributed by atoms with E-state index in [1.54, 1.807) is 12.1 Å². The van der Waals surface area contributed by atoms with Crippen molar-refractivity contribution in [3.8, 4) is 0 Å². The van der Waals surface area contributed by atoms with E-state index in [-0.39, 0.29) is 10.6 Å². The molecule has 1 aliphatic rings. The smallest absolute Gasteiger partial charge is 0.337 e. The molecule has 1 heterocycles. The number of carboxylic acid groups (broad SMARTS) is 1. The Morgan fingerprint density at radius 3 is 2.74 bits per heavy atom. The number of carboxylic acids is 1. The molecule has 0 radical (unpaired) electrons. The summed E-state index contributed by atoms with van der Waals surface area (Å²) in [5.41, 5.74) is 1.01. The summed E-state index contributed by atoms with van der Waals surface area (Å²) in [5, 5.41) is 12.4. The van der Waals surface area contributed by atoms with Crippen LogP contribution in [0.4, 0.5) is 5.69 Å². The number of hydrogen-bond acceptors (Lipinski definition) is 3. The number of anilines is 1. The summed E-state index contributed by atoms with van der Waals surface area (Å²) >= 11 is 5.91. The number of carbonyl (C=O) groups is 1. The van der Waals surface area contributed by atoms with Gasteiger partial charge < -0.3 is 15.3 Å². The third-order valence-electron chi connectivity index (χ3n) is 3.38. The lowest BCUT2D eigenvalue weighted by Crippen LogP contribution is -2.22. The van der Waals surface area contributed by atoms with Gasteiger partial charge in [0.1, 0.15) is 0 Å². The fourth-order valence-electron chi connectivity index (χ4n) is 2.34. The number of rotatable bonds is 6. The van der Waals surface area contributed by atoms with Crippen molar-refractivity contribution in [3.05, 3.63) is 28.8 Å². The van der Waals surface area contributed by atoms with Crippen LogP contribution in [0.1, 0.15) is 29.6 Å². The molecule has 0 aliphatic carbocycles. The zero-order valence-corrected chi connectivity index (χ0v) is 11.6. The molecule has 1 saturated heterocycles. The van der Waals surface area contributed by atoms with Crippen LogP contribution in [0, 0.1) is 0 Å². The molecule has 1 aliphatic heterocycles. The molecule has 2 N–H and O–H groups in total. The highest BCUT2D eigenvalue weighted by molar-refractivity contribution is 6.33. The summed E-state index contributed by atoms with van der Waals surface area (Å²) in [6.07, 6.45) is 3.72. The third kappa shape index (κ3) is 4.11. The second-order valence-corrected chi connectivity index (χ2v) is 5.24. The van der Waals surface area contributed by atoms with Gasteiger partial charge in [-0.3, -0.25) is 0 Å². The van der Waals surface area contributed by atoms with Gasteiger partial charge in [0.25, 0.3) is 0 Å². The molecule has 4 nitrogen and oxygen atoms in total. The van der Waals surface area contributed by atoms with Gasteiger partial charge in [0.15, 0.2) is 0 Å². The molecule has 19 heavy (non-hydrogen) atoms. The fourth-order valence-corrected chi connectivity index (χ4v) is 2.60. The second-order valence-electron chi connectivity index (χ2n) is 4.83. The van der Waals surface area contributed by atoms with Crippen molar-refractivity contribution in [3.63, 3.8) is 0 Å². The number of nitrogens with zero attached hydrogens (tertiary/aromatic N) is 1. The molecule has 1 aromatic carbocycles. The van der Waals surface area contributed by atoms with Gasteiger partial charge in [-0.15, -0.1) is 0 Å². The predicted octanol–water partition coefficient (Wildman–Crippen LogP) is 2.94. The zero-order valence-electron chi connectivity index (χ0n) is 10.9. The summed E-state index contributed by atoms with van der Waals surface area (Å²) in [6, 6.07) is 4.96. The van der Waals surface area contributed by atoms with E-state index in [0.717, 1.165) is 25.2 Å². The third-order valence-corrected chi connectivity index (χ3v) is 3.69. The average molecular weight is 283 g/mol. The van der Waals surface area contributed by atoms with Crippen molar-refractivity contribution >= 4 is 23.3 Å². The molecule has 2 rings (SSSR count). The Morgan fingerprint density at radius 2 is 2.11 bits per heavy atom. The summed E-state index contributed by atoms with van der Waals surface area (Å²) < 4.78 is 0. The Morgan fingerprint density at radius 1 is 1.37 bits per heavy atom. The van der Waals surface area contributed by atoms with E-state index in [1.165, 1.54) is 32.0 Å². The Labute approximate surface area is 118 Å². The van der Waals surface area contributed by atoms with Gasteiger partial charge in [0.05, 0.1) is 10.6 Å². The minimum Gasteiger partial charge on any atom is -0.478 e. The van der Waals surface area contributed by atoms with Crippen LogP contribution in [0.15, 0.2) is 18.2 Å². The van der Waals surface area contributed by atoms with Crippen LogP contribution in [-0.2, 0) is 0 Å². The van der Waals surface area contributed by atoms with Gasteiger partial charge in [-0.1, -0.05) is 11.6 Å². The lowest BCUT2D eigenvalue weighted by Gasteiger charge is -2.14. The summed E-state index contributed by atoms with van der Waals surface area (Å²) in [7, 11) is 0. The van der Waals surface area contributed by atoms with E-state index in [9.17, 15) is 4.79 Å². The number of nitrogens with one attached hydrogen (secondary N) is 1. The standard InChI is InChI=1S/C14H19ClN2O2/c15-13-10-11(4-5-12(13)14(18)19)16-6-3-9-17-7-1-2-8-17/h4-5,10,16H,1-3,6-9H2,(H,18,19). The maximum atomic E-state index is 10.8. The monoisotopic (exact) mass is 282 g/mol. The summed E-state index contributed by atoms with van der Waals surface area (Å²) in [6.45, 7) is 4.44. The topological polar surface area (TPSA) is 52.6 Å². The number of aromatic carboxylic acids is 1. The minimum atomic E-state index is -0.995. The van der Waals surface area contributed by atoms with Crippen LogP contribution in [-0.4, -0.2) is 42.2 Å². The van der Waals surface area contributed by atoms with E-state index in [2.05, 4.69) is 10.2 Å². The summed E-state index contributed by atoms with van der Waals surface area (Å²) in [4.78, 5) is 13.3. The van der Waals surface area contributed by atoms with Gasteiger partial charge in [0.2, 0.25) is 0 Å². The Hall–Kier alpha value is -1.26. The number of hydrogen-bond donors (Lipinski definition) is 2. The van der Waals surface area contributed by atoms with Crippen molar-refractivity contribution in [2.24, 2.45) is 0 Å². The van der Waals surface area contributed by atoms with Crippen LogP contribution in [0.25, 0.3) is 0 Å². The molecule has 0 amide bonds. The molecule has 0 atom stereocenters. The lowest BCUT2D eigenvalue weighted by molar-refractivity contribution is 0.0697. The van der Waals surface area contributed by atoms with Crippen LogP contribution < -0.4 is 5.32 Å². The van der Waals surface area contributed by atoms with E-state index < -0.39 is 5.97 Å². The second kappa shape index (κ2) is 6.78. The van der Waals surface area contributed by atoms with Crippen LogP contribution in [0.5, 0.6) is 0 Å². The molecule has 0 spiro atoms. The van der Waals surface area contributed by atoms with Gasteiger partial charge in [-0.2, -0.15) is 0 Å². The molecule has 1 fully saturated rings. The van der Waals surface area contributed by atoms with Gasteiger partial charge in [0, 0.05) is 12.2 Å². The Bertz CT molecular complexity index is 445. The average Bonchev–Trinajstić information content (AvgIpc) is 2.87. The predicted molar refractivity (Wildman–Crippen MR) is 77.2 cm³/mol. The van der Waals surface area contributed by atoms with Crippen molar-refractivity contribution in [2.45, 2.75) is 19.3 Å². The largest absolute Gasteiger partial charge is 0.478 e. The first-order valence-corrected chi connectivity index (χ1v) is 7.03. The van der Waals surface area contributed by atoms with E-state index in [0.29, 0.717) is 0 Å². The van der Waals surface area contributed by atoms with Gasteiger partial charge in [-0.05, 0) is 57.1 Å². The molecule has 0 unspecified atom stereocenters. The highest BCUT2D eigenvalue weighted by Gasteiger charge is 2.11. The lowest BCUT2D eigenvalue weighted by atomic mass is 10.2. The van der Waals surface area contributed by atoms with Crippen LogP contribution >= 0.6 is 11.6 Å². The fraction of sp³-hybridized carbons (Fsp3) is 0.500. The summed E-state index contributed by atoms with van der Waals surface area (Å²) in [5.74, 6) is -0.995.